The monoisotopic (exact) mass is 512 g/mol. The topological polar surface area (TPSA) is 138 Å². The van der Waals surface area contributed by atoms with Crippen LogP contribution in [0, 0.1) is 27.7 Å². The van der Waals surface area contributed by atoms with E-state index in [0.29, 0.717) is 12.8 Å². The minimum Gasteiger partial charge on any atom is -0.481 e. The molecule has 8 bridgehead atoms. The van der Waals surface area contributed by atoms with E-state index in [1.54, 1.807) is 0 Å². The number of rotatable bonds is 6. The molecule has 0 spiro atoms. The van der Waals surface area contributed by atoms with Gasteiger partial charge in [0.2, 0.25) is 0 Å². The van der Waals surface area contributed by atoms with Crippen molar-refractivity contribution in [3.63, 3.8) is 0 Å². The Bertz CT molecular complexity index is 1820. The first kappa shape index (κ1) is 25.2. The number of aliphatic carboxylic acids is 2. The van der Waals surface area contributed by atoms with Crippen LogP contribution in [0.25, 0.3) is 24.3 Å². The lowest BCUT2D eigenvalue weighted by atomic mass is 10.0. The number of carbonyl (C=O) groups is 2. The van der Waals surface area contributed by atoms with Crippen molar-refractivity contribution in [2.75, 3.05) is 0 Å². The van der Waals surface area contributed by atoms with E-state index >= 15 is 0 Å². The summed E-state index contributed by atoms with van der Waals surface area (Å²) in [4.78, 5) is 36.9. The summed E-state index contributed by atoms with van der Waals surface area (Å²) in [6.07, 6.45) is 8.98. The average Bonchev–Trinajstić information content (AvgIpc) is 3.53. The second-order valence-electron chi connectivity index (χ2n) is 10.1. The van der Waals surface area contributed by atoms with Gasteiger partial charge in [-0.2, -0.15) is 0 Å². The van der Waals surface area contributed by atoms with Gasteiger partial charge in [-0.05, 0) is 110 Å². The third-order valence-corrected chi connectivity index (χ3v) is 7.41. The van der Waals surface area contributed by atoms with Crippen molar-refractivity contribution in [3.8, 4) is 0 Å². The Hall–Kier alpha value is -4.46. The fraction of sp³-hybridized carbons (Fsp3) is 0.267. The van der Waals surface area contributed by atoms with Crippen molar-refractivity contribution < 1.29 is 19.8 Å². The molecule has 5 heterocycles. The maximum atomic E-state index is 11.4. The van der Waals surface area contributed by atoms with E-state index in [1.807, 2.05) is 26.0 Å². The summed E-state index contributed by atoms with van der Waals surface area (Å²) in [6, 6.07) is 4.21. The maximum absolute atomic E-state index is 11.4. The van der Waals surface area contributed by atoms with Crippen LogP contribution in [0.2, 0.25) is 0 Å². The number of carboxylic acid groups (broad SMARTS) is 2. The van der Waals surface area contributed by atoms with E-state index in [4.69, 9.17) is 0 Å². The molecule has 1 aliphatic heterocycles. The Kier molecular flexibility index (Phi) is 6.48. The largest absolute Gasteiger partial charge is 0.481 e. The van der Waals surface area contributed by atoms with Crippen molar-refractivity contribution in [3.05, 3.63) is 89.7 Å². The first-order valence-electron chi connectivity index (χ1n) is 12.7. The number of nitrogens with one attached hydrogen (secondary N) is 4. The molecule has 0 aromatic carbocycles. The number of fused-ring (bicyclic) bond motifs is 8. The Morgan fingerprint density at radius 1 is 0.632 bits per heavy atom. The van der Waals surface area contributed by atoms with Gasteiger partial charge >= 0.3 is 11.9 Å². The predicted molar refractivity (Wildman–Crippen MR) is 147 cm³/mol. The molecule has 5 rings (SSSR count). The second kappa shape index (κ2) is 9.78. The number of hydrogen-bond donors (Lipinski definition) is 6. The highest BCUT2D eigenvalue weighted by Gasteiger charge is 2.15. The molecule has 0 radical (unpaired) electrons. The summed E-state index contributed by atoms with van der Waals surface area (Å²) in [6.45, 7) is 8.13. The van der Waals surface area contributed by atoms with Gasteiger partial charge in [-0.3, -0.25) is 9.59 Å². The smallest absolute Gasteiger partial charge is 0.303 e. The third-order valence-electron chi connectivity index (χ3n) is 7.41. The van der Waals surface area contributed by atoms with Crippen LogP contribution in [0.3, 0.4) is 0 Å². The summed E-state index contributed by atoms with van der Waals surface area (Å²) in [5, 5.41) is 22.4. The lowest BCUT2D eigenvalue weighted by Crippen LogP contribution is -2.14. The lowest BCUT2D eigenvalue weighted by molar-refractivity contribution is -0.138. The van der Waals surface area contributed by atoms with Crippen molar-refractivity contribution in [2.45, 2.75) is 53.4 Å². The molecule has 1 aliphatic rings. The Morgan fingerprint density at radius 3 is 2.03 bits per heavy atom. The minimum absolute atomic E-state index is 0.0164. The van der Waals surface area contributed by atoms with Gasteiger partial charge in [0.05, 0.1) is 0 Å². The van der Waals surface area contributed by atoms with Crippen molar-refractivity contribution in [1.29, 1.82) is 0 Å². The van der Waals surface area contributed by atoms with Crippen LogP contribution >= 0.6 is 0 Å². The van der Waals surface area contributed by atoms with Crippen LogP contribution in [0.4, 0.5) is 0 Å². The van der Waals surface area contributed by atoms with Gasteiger partial charge in [-0.15, -0.1) is 0 Å². The zero-order chi connectivity index (χ0) is 27.1. The highest BCUT2D eigenvalue weighted by atomic mass is 16.4. The molecule has 6 N–H and O–H groups in total. The summed E-state index contributed by atoms with van der Waals surface area (Å²) < 4.78 is 0. The zero-order valence-corrected chi connectivity index (χ0v) is 22.0. The van der Waals surface area contributed by atoms with E-state index < -0.39 is 11.9 Å². The lowest BCUT2D eigenvalue weighted by Gasteiger charge is -2.01. The molecule has 0 fully saturated rings. The number of hydrogen-bond acceptors (Lipinski definition) is 2. The van der Waals surface area contributed by atoms with Crippen molar-refractivity contribution in [1.82, 2.24) is 19.9 Å². The van der Waals surface area contributed by atoms with Crippen LogP contribution in [-0.2, 0) is 22.4 Å². The van der Waals surface area contributed by atoms with Crippen LogP contribution in [0.15, 0.2) is 12.1 Å². The quantitative estimate of drug-likeness (QED) is 0.207. The van der Waals surface area contributed by atoms with E-state index in [-0.39, 0.29) is 12.8 Å². The first-order chi connectivity index (χ1) is 18.1. The molecule has 8 nitrogen and oxygen atoms in total. The molecule has 4 aromatic rings. The van der Waals surface area contributed by atoms with Gasteiger partial charge in [0, 0.05) is 57.0 Å². The SMILES string of the molecule is Cc1cc2[nH]c1/C=c1\[nH]/c(c(CCC(=O)O)c1C)=C\c1[nH]c(c(C)c1CCC(=O)O)/C=c1/cc(C)/c([nH]1)=C/2. The number of aryl methyl sites for hydroxylation is 2. The van der Waals surface area contributed by atoms with E-state index in [9.17, 15) is 19.8 Å². The Balaban J connectivity index is 1.84. The molecule has 0 unspecified atom stereocenters. The first-order valence-corrected chi connectivity index (χ1v) is 12.7. The highest BCUT2D eigenvalue weighted by Crippen LogP contribution is 2.22. The standard InChI is InChI=1S/C30H32N4O4/c1-15-9-20-12-25-17(3)21(5-7-29(35)36)27(33-25)14-28-22(6-8-30(37)38)18(4)26(34-28)13-24-16(2)10-19(32-24)11-23(15)31-20/h9-14,31-34H,5-8H2,1-4H3,(H,35,36)(H,37,38)/b19-11?,20-12-,23-11-,24-13?,25-12?,26-13-,27-14?,28-14-. The molecule has 8 heteroatoms. The van der Waals surface area contributed by atoms with Gasteiger partial charge in [-0.1, -0.05) is 0 Å². The molecule has 0 amide bonds. The molecular weight excluding hydrogens is 480 g/mol. The molecular formula is C30H32N4O4. The number of carboxylic acids is 2. The molecule has 38 heavy (non-hydrogen) atoms. The molecule has 0 atom stereocenters. The molecule has 0 saturated heterocycles. The summed E-state index contributed by atoms with van der Waals surface area (Å²) in [7, 11) is 0. The second-order valence-corrected chi connectivity index (χ2v) is 10.1. The molecule has 0 saturated carbocycles. The molecule has 196 valence electrons. The van der Waals surface area contributed by atoms with E-state index in [0.717, 1.165) is 77.6 Å². The number of H-pyrrole nitrogens is 4. The fourth-order valence-electron chi connectivity index (χ4n) is 5.26. The van der Waals surface area contributed by atoms with Gasteiger partial charge < -0.3 is 30.1 Å². The van der Waals surface area contributed by atoms with Gasteiger partial charge in [0.1, 0.15) is 0 Å². The zero-order valence-electron chi connectivity index (χ0n) is 22.0. The van der Waals surface area contributed by atoms with Gasteiger partial charge in [0.25, 0.3) is 0 Å². The van der Waals surface area contributed by atoms with Crippen molar-refractivity contribution >= 4 is 36.2 Å². The Morgan fingerprint density at radius 2 is 1.32 bits per heavy atom. The summed E-state index contributed by atoms with van der Waals surface area (Å²) in [5.41, 5.74) is 9.75. The van der Waals surface area contributed by atoms with Crippen LogP contribution in [-0.4, -0.2) is 42.1 Å². The predicted octanol–water partition coefficient (Wildman–Crippen LogP) is 1.90. The summed E-state index contributed by atoms with van der Waals surface area (Å²) in [5.74, 6) is -1.70. The number of aromatic nitrogens is 4. The van der Waals surface area contributed by atoms with Crippen molar-refractivity contribution in [2.24, 2.45) is 0 Å². The summed E-state index contributed by atoms with van der Waals surface area (Å²) >= 11 is 0. The average molecular weight is 513 g/mol. The third kappa shape index (κ3) is 4.89. The number of aromatic amines is 4. The van der Waals surface area contributed by atoms with E-state index in [1.165, 1.54) is 0 Å². The normalized spacial score (nSPS) is 15.9. The van der Waals surface area contributed by atoms with E-state index in [2.05, 4.69) is 58.1 Å². The van der Waals surface area contributed by atoms with Crippen LogP contribution in [0.5, 0.6) is 0 Å². The van der Waals surface area contributed by atoms with Gasteiger partial charge in [-0.25, -0.2) is 0 Å². The van der Waals surface area contributed by atoms with Crippen LogP contribution < -0.4 is 21.4 Å². The Labute approximate surface area is 219 Å². The highest BCUT2D eigenvalue weighted by molar-refractivity contribution is 5.69. The fourth-order valence-corrected chi connectivity index (χ4v) is 5.26. The molecule has 4 aromatic heterocycles. The van der Waals surface area contributed by atoms with Gasteiger partial charge in [0.15, 0.2) is 0 Å². The minimum atomic E-state index is -0.851. The van der Waals surface area contributed by atoms with Crippen LogP contribution in [0.1, 0.15) is 69.0 Å². The maximum Gasteiger partial charge on any atom is 0.303 e. The molecule has 0 aliphatic carbocycles.